The Morgan fingerprint density at radius 3 is 2.29 bits per heavy atom. The van der Waals surface area contributed by atoms with Crippen LogP contribution in [0.5, 0.6) is 0 Å². The van der Waals surface area contributed by atoms with Crippen molar-refractivity contribution < 1.29 is 19.5 Å². The maximum absolute atomic E-state index is 13.1. The van der Waals surface area contributed by atoms with Crippen molar-refractivity contribution in [2.24, 2.45) is 0 Å². The summed E-state index contributed by atoms with van der Waals surface area (Å²) in [5.74, 6) is -2.23. The molecule has 3 N–H and O–H groups in total. The second-order valence-electron chi connectivity index (χ2n) is 7.89. The predicted molar refractivity (Wildman–Crippen MR) is 118 cm³/mol. The Bertz CT molecular complexity index is 1100. The lowest BCUT2D eigenvalue weighted by Crippen LogP contribution is -2.55. The lowest BCUT2D eigenvalue weighted by molar-refractivity contribution is -0.143. The van der Waals surface area contributed by atoms with Crippen molar-refractivity contribution in [1.29, 1.82) is 0 Å². The Kier molecular flexibility index (Phi) is 5.98. The first-order valence-corrected chi connectivity index (χ1v) is 10.3. The molecule has 31 heavy (non-hydrogen) atoms. The summed E-state index contributed by atoms with van der Waals surface area (Å²) >= 11 is 0. The van der Waals surface area contributed by atoms with Gasteiger partial charge in [-0.2, -0.15) is 0 Å². The largest absolute Gasteiger partial charge is 0.480 e. The second kappa shape index (κ2) is 9.00. The first kappa shape index (κ1) is 20.6. The molecule has 0 bridgehead atoms. The van der Waals surface area contributed by atoms with Gasteiger partial charge in [-0.05, 0) is 34.7 Å². The van der Waals surface area contributed by atoms with Crippen molar-refractivity contribution >= 4 is 29.1 Å². The van der Waals surface area contributed by atoms with Crippen LogP contribution in [0.25, 0.3) is 10.8 Å². The van der Waals surface area contributed by atoms with Gasteiger partial charge in [0.05, 0.1) is 0 Å². The van der Waals surface area contributed by atoms with Crippen LogP contribution >= 0.6 is 0 Å². The van der Waals surface area contributed by atoms with Crippen LogP contribution in [0.1, 0.15) is 35.8 Å². The van der Waals surface area contributed by atoms with Crippen LogP contribution in [0.3, 0.4) is 0 Å². The van der Waals surface area contributed by atoms with Gasteiger partial charge in [0.15, 0.2) is 0 Å². The highest BCUT2D eigenvalue weighted by Crippen LogP contribution is 2.35. The first-order chi connectivity index (χ1) is 15.1. The van der Waals surface area contributed by atoms with Crippen molar-refractivity contribution in [2.45, 2.75) is 36.8 Å². The number of carboxylic acid groups (broad SMARTS) is 1. The maximum Gasteiger partial charge on any atom is 0.326 e. The number of amides is 2. The molecule has 3 aromatic rings. The summed E-state index contributed by atoms with van der Waals surface area (Å²) < 4.78 is 0. The fourth-order valence-electron chi connectivity index (χ4n) is 4.57. The van der Waals surface area contributed by atoms with Gasteiger partial charge in [-0.15, -0.1) is 0 Å². The average Bonchev–Trinajstić information content (AvgIpc) is 2.79. The third kappa shape index (κ3) is 4.28. The predicted octanol–water partition coefficient (Wildman–Crippen LogP) is 3.19. The number of hydrogen-bond donors (Lipinski definition) is 3. The molecule has 0 spiro atoms. The van der Waals surface area contributed by atoms with E-state index in [0.29, 0.717) is 19.3 Å². The zero-order valence-electron chi connectivity index (χ0n) is 16.9. The van der Waals surface area contributed by atoms with Crippen molar-refractivity contribution in [2.75, 3.05) is 0 Å². The van der Waals surface area contributed by atoms with E-state index < -0.39 is 24.0 Å². The summed E-state index contributed by atoms with van der Waals surface area (Å²) in [5.41, 5.74) is 1.81. The van der Waals surface area contributed by atoms with Crippen molar-refractivity contribution in [3.63, 3.8) is 0 Å². The summed E-state index contributed by atoms with van der Waals surface area (Å²) in [4.78, 5) is 36.4. The van der Waals surface area contributed by atoms with E-state index in [4.69, 9.17) is 0 Å². The highest BCUT2D eigenvalue weighted by molar-refractivity contribution is 5.90. The van der Waals surface area contributed by atoms with Gasteiger partial charge >= 0.3 is 5.97 Å². The van der Waals surface area contributed by atoms with Gasteiger partial charge in [0, 0.05) is 11.8 Å². The fraction of sp³-hybridized carbons (Fsp3) is 0.240. The zero-order chi connectivity index (χ0) is 21.8. The molecular formula is C25H24N2O4. The minimum absolute atomic E-state index is 0.282. The van der Waals surface area contributed by atoms with Crippen LogP contribution in [0.2, 0.25) is 0 Å². The molecule has 1 aliphatic rings. The average molecular weight is 416 g/mol. The standard InChI is InChI=1S/C25H24N2O4/c28-15-26-22-21(19-11-10-16-6-4-5-9-18(16)14-19)13-12-20(17-7-2-1-3-8-17)23(25(30)31)27-24(22)29/h1-11,14-15,20-23H,12-13H2,(H,26,28)(H,27,29)(H,30,31). The number of carboxylic acids is 1. The molecule has 4 atom stereocenters. The third-order valence-corrected chi connectivity index (χ3v) is 6.12. The monoisotopic (exact) mass is 416 g/mol. The molecule has 1 saturated heterocycles. The molecule has 2 amide bonds. The van der Waals surface area contributed by atoms with Crippen molar-refractivity contribution in [1.82, 2.24) is 10.6 Å². The molecule has 1 heterocycles. The van der Waals surface area contributed by atoms with Gasteiger partial charge in [-0.1, -0.05) is 72.8 Å². The van der Waals surface area contributed by atoms with E-state index in [0.717, 1.165) is 21.9 Å². The second-order valence-corrected chi connectivity index (χ2v) is 7.89. The number of nitrogens with one attached hydrogen (secondary N) is 2. The Labute approximate surface area is 180 Å². The molecule has 158 valence electrons. The van der Waals surface area contributed by atoms with E-state index >= 15 is 0 Å². The van der Waals surface area contributed by atoms with Crippen LogP contribution in [-0.2, 0) is 14.4 Å². The van der Waals surface area contributed by atoms with Crippen LogP contribution in [0, 0.1) is 0 Å². The lowest BCUT2D eigenvalue weighted by atomic mass is 9.78. The van der Waals surface area contributed by atoms with Crippen molar-refractivity contribution in [3.8, 4) is 0 Å². The molecule has 4 rings (SSSR count). The molecule has 6 nitrogen and oxygen atoms in total. The number of carbonyl (C=O) groups is 3. The molecule has 1 aliphatic heterocycles. The van der Waals surface area contributed by atoms with Crippen LogP contribution in [0.4, 0.5) is 0 Å². The van der Waals surface area contributed by atoms with E-state index in [1.807, 2.05) is 72.8 Å². The molecular weight excluding hydrogens is 392 g/mol. The molecule has 0 radical (unpaired) electrons. The van der Waals surface area contributed by atoms with Crippen molar-refractivity contribution in [3.05, 3.63) is 83.9 Å². The molecule has 4 unspecified atom stereocenters. The highest BCUT2D eigenvalue weighted by atomic mass is 16.4. The first-order valence-electron chi connectivity index (χ1n) is 10.3. The highest BCUT2D eigenvalue weighted by Gasteiger charge is 2.39. The number of benzene rings is 3. The molecule has 0 aliphatic carbocycles. The summed E-state index contributed by atoms with van der Waals surface area (Å²) in [6.07, 6.45) is 1.61. The summed E-state index contributed by atoms with van der Waals surface area (Å²) in [5, 5.41) is 17.3. The smallest absolute Gasteiger partial charge is 0.326 e. The van der Waals surface area contributed by atoms with E-state index in [9.17, 15) is 19.5 Å². The zero-order valence-corrected chi connectivity index (χ0v) is 16.9. The number of hydrogen-bond acceptors (Lipinski definition) is 3. The minimum atomic E-state index is -1.09. The lowest BCUT2D eigenvalue weighted by Gasteiger charge is -2.35. The molecule has 1 fully saturated rings. The number of fused-ring (bicyclic) bond motifs is 1. The quantitative estimate of drug-likeness (QED) is 0.557. The molecule has 0 saturated carbocycles. The van der Waals surface area contributed by atoms with E-state index in [2.05, 4.69) is 10.6 Å². The summed E-state index contributed by atoms with van der Waals surface area (Å²) in [6.45, 7) is 0. The third-order valence-electron chi connectivity index (χ3n) is 6.12. The van der Waals surface area contributed by atoms with Gasteiger partial charge in [0.1, 0.15) is 12.1 Å². The topological polar surface area (TPSA) is 95.5 Å². The van der Waals surface area contributed by atoms with Crippen LogP contribution in [0.15, 0.2) is 72.8 Å². The molecule has 6 heteroatoms. The maximum atomic E-state index is 13.1. The molecule has 0 aromatic heterocycles. The Balaban J connectivity index is 1.74. The summed E-state index contributed by atoms with van der Waals surface area (Å²) in [7, 11) is 0. The van der Waals surface area contributed by atoms with Gasteiger partial charge in [0.2, 0.25) is 12.3 Å². The van der Waals surface area contributed by atoms with Gasteiger partial charge in [0.25, 0.3) is 0 Å². The summed E-state index contributed by atoms with van der Waals surface area (Å²) in [6, 6.07) is 21.5. The van der Waals surface area contributed by atoms with Gasteiger partial charge < -0.3 is 15.7 Å². The Hall–Kier alpha value is -3.67. The Morgan fingerprint density at radius 1 is 0.903 bits per heavy atom. The van der Waals surface area contributed by atoms with Crippen LogP contribution < -0.4 is 10.6 Å². The fourth-order valence-corrected chi connectivity index (χ4v) is 4.57. The van der Waals surface area contributed by atoms with E-state index in [-0.39, 0.29) is 11.8 Å². The van der Waals surface area contributed by atoms with Gasteiger partial charge in [-0.25, -0.2) is 4.79 Å². The normalized spacial score (nSPS) is 23.9. The SMILES string of the molecule is O=CNC1C(=O)NC(C(=O)O)C(c2ccccc2)CCC1c1ccc2ccccc2c1. The van der Waals surface area contributed by atoms with E-state index in [1.165, 1.54) is 0 Å². The van der Waals surface area contributed by atoms with Crippen LogP contribution in [-0.4, -0.2) is 35.5 Å². The van der Waals surface area contributed by atoms with Gasteiger partial charge in [-0.3, -0.25) is 9.59 Å². The minimum Gasteiger partial charge on any atom is -0.480 e. The number of carbonyl (C=O) groups excluding carboxylic acids is 2. The Morgan fingerprint density at radius 2 is 1.58 bits per heavy atom. The molecule has 3 aromatic carbocycles. The number of rotatable bonds is 5. The van der Waals surface area contributed by atoms with E-state index in [1.54, 1.807) is 0 Å². The number of aliphatic carboxylic acids is 1.